The van der Waals surface area contributed by atoms with Gasteiger partial charge in [-0.1, -0.05) is 66.2 Å². The van der Waals surface area contributed by atoms with E-state index in [1.165, 1.54) is 6.07 Å². The average molecular weight is 423 g/mol. The quantitative estimate of drug-likeness (QED) is 0.326. The lowest BCUT2D eigenvalue weighted by Crippen LogP contribution is -2.16. The first-order chi connectivity index (χ1) is 14.4. The molecule has 2 atom stereocenters. The molecule has 0 amide bonds. The minimum atomic E-state index is -1.21. The number of carboxylic acid groups (broad SMARTS) is 2. The van der Waals surface area contributed by atoms with Crippen molar-refractivity contribution in [3.8, 4) is 11.5 Å². The maximum absolute atomic E-state index is 11.7. The second-order valence-electron chi connectivity index (χ2n) is 7.91. The fraction of sp³-hybridized carbons (Fsp3) is 0.667. The van der Waals surface area contributed by atoms with E-state index in [1.54, 1.807) is 0 Å². The first-order valence-electron chi connectivity index (χ1n) is 11.3. The van der Waals surface area contributed by atoms with Crippen LogP contribution in [0.1, 0.15) is 99.8 Å². The third kappa shape index (κ3) is 8.25. The van der Waals surface area contributed by atoms with Crippen LogP contribution in [0.5, 0.6) is 11.5 Å². The van der Waals surface area contributed by atoms with Crippen LogP contribution in [-0.4, -0.2) is 35.4 Å². The van der Waals surface area contributed by atoms with Crippen LogP contribution < -0.4 is 9.47 Å². The molecule has 2 unspecified atom stereocenters. The van der Waals surface area contributed by atoms with E-state index in [0.29, 0.717) is 25.0 Å². The van der Waals surface area contributed by atoms with Crippen molar-refractivity contribution in [2.75, 3.05) is 13.2 Å². The lowest BCUT2D eigenvalue weighted by atomic mass is 10.00. The predicted octanol–water partition coefficient (Wildman–Crippen LogP) is 6.27. The van der Waals surface area contributed by atoms with Crippen molar-refractivity contribution in [3.05, 3.63) is 23.3 Å². The van der Waals surface area contributed by atoms with Gasteiger partial charge in [0.2, 0.25) is 0 Å². The number of ether oxygens (including phenoxy) is 2. The normalized spacial score (nSPS) is 12.9. The summed E-state index contributed by atoms with van der Waals surface area (Å²) in [4.78, 5) is 23.4. The van der Waals surface area contributed by atoms with E-state index in [0.717, 1.165) is 57.4 Å². The Labute approximate surface area is 180 Å². The van der Waals surface area contributed by atoms with Crippen molar-refractivity contribution in [1.82, 2.24) is 0 Å². The molecule has 6 heteroatoms. The maximum atomic E-state index is 11.7. The summed E-state index contributed by atoms with van der Waals surface area (Å²) >= 11 is 0. The molecule has 0 aliphatic rings. The van der Waals surface area contributed by atoms with Crippen LogP contribution in [0.3, 0.4) is 0 Å². The summed E-state index contributed by atoms with van der Waals surface area (Å²) in [6, 6.07) is 2.58. The lowest BCUT2D eigenvalue weighted by Gasteiger charge is -2.20. The van der Waals surface area contributed by atoms with Gasteiger partial charge >= 0.3 is 11.9 Å². The molecule has 1 aromatic carbocycles. The number of hydrogen-bond acceptors (Lipinski definition) is 4. The van der Waals surface area contributed by atoms with Crippen LogP contribution >= 0.6 is 0 Å². The highest BCUT2D eigenvalue weighted by molar-refractivity contribution is 5.98. The molecule has 0 heterocycles. The molecule has 2 N–H and O–H groups in total. The van der Waals surface area contributed by atoms with Crippen LogP contribution in [-0.2, 0) is 0 Å². The molecular formula is C24H38O6. The Hall–Kier alpha value is -2.24. The zero-order valence-electron chi connectivity index (χ0n) is 18.9. The van der Waals surface area contributed by atoms with Gasteiger partial charge in [-0.3, -0.25) is 0 Å². The highest BCUT2D eigenvalue weighted by atomic mass is 16.5. The molecule has 0 radical (unpaired) electrons. The third-order valence-corrected chi connectivity index (χ3v) is 5.58. The topological polar surface area (TPSA) is 93.1 Å². The van der Waals surface area contributed by atoms with Gasteiger partial charge in [0, 0.05) is 6.07 Å². The standard InChI is InChI=1S/C24H38O6/c1-5-9-11-17(7-3)15-29-21-14-22(30-16-18(8-4)12-10-6-2)20(24(27)28)13-19(21)23(25)26/h13-14,17-18H,5-12,15-16H2,1-4H3,(H,25,26)(H,27,28). The zero-order chi connectivity index (χ0) is 22.5. The molecule has 0 aliphatic heterocycles. The summed E-state index contributed by atoms with van der Waals surface area (Å²) in [6.07, 6.45) is 8.29. The number of carboxylic acids is 2. The largest absolute Gasteiger partial charge is 0.492 e. The Morgan fingerprint density at radius 2 is 1.17 bits per heavy atom. The number of hydrogen-bond donors (Lipinski definition) is 2. The van der Waals surface area contributed by atoms with Crippen molar-refractivity contribution in [3.63, 3.8) is 0 Å². The van der Waals surface area contributed by atoms with Gasteiger partial charge in [-0.25, -0.2) is 9.59 Å². The van der Waals surface area contributed by atoms with Crippen molar-refractivity contribution in [2.45, 2.75) is 79.1 Å². The number of unbranched alkanes of at least 4 members (excludes halogenated alkanes) is 2. The van der Waals surface area contributed by atoms with E-state index >= 15 is 0 Å². The summed E-state index contributed by atoms with van der Waals surface area (Å²) < 4.78 is 11.7. The zero-order valence-corrected chi connectivity index (χ0v) is 18.9. The Morgan fingerprint density at radius 3 is 1.47 bits per heavy atom. The number of aromatic carboxylic acids is 2. The summed E-state index contributed by atoms with van der Waals surface area (Å²) in [5.41, 5.74) is -0.300. The Bertz CT molecular complexity index is 617. The van der Waals surface area contributed by atoms with Crippen molar-refractivity contribution in [1.29, 1.82) is 0 Å². The lowest BCUT2D eigenvalue weighted by molar-refractivity contribution is 0.0690. The molecule has 0 aliphatic carbocycles. The smallest absolute Gasteiger partial charge is 0.339 e. The first kappa shape index (κ1) is 25.8. The van der Waals surface area contributed by atoms with E-state index < -0.39 is 11.9 Å². The number of rotatable bonds is 16. The van der Waals surface area contributed by atoms with Crippen LogP contribution in [0.2, 0.25) is 0 Å². The Morgan fingerprint density at radius 1 is 0.767 bits per heavy atom. The van der Waals surface area contributed by atoms with Gasteiger partial charge in [-0.2, -0.15) is 0 Å². The molecule has 6 nitrogen and oxygen atoms in total. The average Bonchev–Trinajstić information content (AvgIpc) is 2.73. The minimum Gasteiger partial charge on any atom is -0.492 e. The monoisotopic (exact) mass is 422 g/mol. The molecule has 0 spiro atoms. The third-order valence-electron chi connectivity index (χ3n) is 5.58. The fourth-order valence-corrected chi connectivity index (χ4v) is 3.35. The summed E-state index contributed by atoms with van der Waals surface area (Å²) in [6.45, 7) is 9.24. The molecule has 0 saturated carbocycles. The second kappa shape index (κ2) is 13.9. The van der Waals surface area contributed by atoms with Crippen molar-refractivity contribution >= 4 is 11.9 Å². The summed E-state index contributed by atoms with van der Waals surface area (Å²) in [5.74, 6) is -1.44. The van der Waals surface area contributed by atoms with Gasteiger partial charge in [-0.15, -0.1) is 0 Å². The van der Waals surface area contributed by atoms with Crippen LogP contribution in [0.25, 0.3) is 0 Å². The van der Waals surface area contributed by atoms with Gasteiger partial charge in [0.1, 0.15) is 22.6 Å². The summed E-state index contributed by atoms with van der Waals surface area (Å²) in [7, 11) is 0. The Kier molecular flexibility index (Phi) is 11.9. The highest BCUT2D eigenvalue weighted by Gasteiger charge is 2.22. The minimum absolute atomic E-state index is 0.150. The van der Waals surface area contributed by atoms with E-state index in [1.807, 2.05) is 0 Å². The molecule has 0 fully saturated rings. The fourth-order valence-electron chi connectivity index (χ4n) is 3.35. The van der Waals surface area contributed by atoms with Crippen LogP contribution in [0.15, 0.2) is 12.1 Å². The highest BCUT2D eigenvalue weighted by Crippen LogP contribution is 2.31. The van der Waals surface area contributed by atoms with Gasteiger partial charge < -0.3 is 19.7 Å². The molecule has 0 saturated heterocycles. The molecule has 1 aromatic rings. The van der Waals surface area contributed by atoms with E-state index in [2.05, 4.69) is 27.7 Å². The summed E-state index contributed by atoms with van der Waals surface area (Å²) in [5, 5.41) is 19.1. The van der Waals surface area contributed by atoms with Crippen molar-refractivity contribution in [2.24, 2.45) is 11.8 Å². The predicted molar refractivity (Wildman–Crippen MR) is 118 cm³/mol. The number of carbonyl (C=O) groups is 2. The van der Waals surface area contributed by atoms with Gasteiger partial charge in [0.25, 0.3) is 0 Å². The molecule has 0 aromatic heterocycles. The molecule has 0 bridgehead atoms. The van der Waals surface area contributed by atoms with E-state index in [9.17, 15) is 19.8 Å². The van der Waals surface area contributed by atoms with Gasteiger partial charge in [0.15, 0.2) is 0 Å². The van der Waals surface area contributed by atoms with Gasteiger partial charge in [0.05, 0.1) is 13.2 Å². The van der Waals surface area contributed by atoms with Crippen LogP contribution in [0.4, 0.5) is 0 Å². The Balaban J connectivity index is 3.09. The number of benzene rings is 1. The SMILES string of the molecule is CCCCC(CC)COc1cc(OCC(CC)CCCC)c(C(=O)O)cc1C(=O)O. The van der Waals surface area contributed by atoms with Crippen LogP contribution in [0, 0.1) is 11.8 Å². The molecular weight excluding hydrogens is 384 g/mol. The van der Waals surface area contributed by atoms with Gasteiger partial charge in [-0.05, 0) is 30.7 Å². The molecule has 1 rings (SSSR count). The molecule has 170 valence electrons. The maximum Gasteiger partial charge on any atom is 0.339 e. The second-order valence-corrected chi connectivity index (χ2v) is 7.91. The van der Waals surface area contributed by atoms with E-state index in [4.69, 9.17) is 9.47 Å². The van der Waals surface area contributed by atoms with E-state index in [-0.39, 0.29) is 22.6 Å². The molecule has 30 heavy (non-hydrogen) atoms. The first-order valence-corrected chi connectivity index (χ1v) is 11.3. The van der Waals surface area contributed by atoms with Crippen molar-refractivity contribution < 1.29 is 29.3 Å².